The second-order valence-corrected chi connectivity index (χ2v) is 8.56. The van der Waals surface area contributed by atoms with Gasteiger partial charge in [-0.05, 0) is 35.4 Å². The Morgan fingerprint density at radius 1 is 1.19 bits per heavy atom. The highest BCUT2D eigenvalue weighted by molar-refractivity contribution is 5.90. The maximum absolute atomic E-state index is 12.5. The first kappa shape index (κ1) is 21.5. The van der Waals surface area contributed by atoms with Crippen LogP contribution in [-0.4, -0.2) is 22.4 Å². The van der Waals surface area contributed by atoms with E-state index in [4.69, 9.17) is 5.73 Å². The van der Waals surface area contributed by atoms with Gasteiger partial charge in [-0.25, -0.2) is 4.98 Å². The van der Waals surface area contributed by atoms with Crippen molar-refractivity contribution in [1.29, 1.82) is 0 Å². The van der Waals surface area contributed by atoms with Crippen molar-refractivity contribution in [1.82, 2.24) is 15.3 Å². The van der Waals surface area contributed by atoms with Crippen LogP contribution in [0.2, 0.25) is 0 Å². The van der Waals surface area contributed by atoms with Crippen LogP contribution in [0.3, 0.4) is 0 Å². The maximum atomic E-state index is 12.5. The molecule has 2 aromatic carbocycles. The summed E-state index contributed by atoms with van der Waals surface area (Å²) >= 11 is 0. The first-order chi connectivity index (χ1) is 15.2. The van der Waals surface area contributed by atoms with Gasteiger partial charge in [-0.3, -0.25) is 19.2 Å². The molecule has 9 heteroatoms. The summed E-state index contributed by atoms with van der Waals surface area (Å²) in [7, 11) is 0. The Hall–Kier alpha value is -3.75. The van der Waals surface area contributed by atoms with Crippen LogP contribution in [0.5, 0.6) is 0 Å². The molecule has 32 heavy (non-hydrogen) atoms. The van der Waals surface area contributed by atoms with E-state index in [2.05, 4.69) is 15.3 Å². The zero-order valence-electron chi connectivity index (χ0n) is 18.0. The number of nitrogens with two attached hydrogens (primary N) is 1. The Morgan fingerprint density at radius 2 is 1.97 bits per heavy atom. The number of nitrogens with zero attached hydrogens (tertiary/aromatic N) is 2. The lowest BCUT2D eigenvalue weighted by atomic mass is 9.96. The highest BCUT2D eigenvalue weighted by Gasteiger charge is 2.26. The quantitative estimate of drug-likeness (QED) is 0.483. The number of nitrogens with one attached hydrogen (secondary N) is 2. The zero-order valence-corrected chi connectivity index (χ0v) is 18.0. The molecule has 1 aliphatic heterocycles. The molecule has 1 aliphatic rings. The summed E-state index contributed by atoms with van der Waals surface area (Å²) in [5.41, 5.74) is 8.16. The lowest BCUT2D eigenvalue weighted by Gasteiger charge is -2.32. The maximum Gasteiger partial charge on any atom is 0.287 e. The van der Waals surface area contributed by atoms with Gasteiger partial charge in [-0.2, -0.15) is 0 Å². The smallest absolute Gasteiger partial charge is 0.287 e. The number of hydrogen-bond acceptors (Lipinski definition) is 7. The number of nitrogen functional groups attached to an aromatic ring is 1. The van der Waals surface area contributed by atoms with Crippen molar-refractivity contribution >= 4 is 17.3 Å². The fourth-order valence-corrected chi connectivity index (χ4v) is 4.03. The molecule has 4 rings (SSSR count). The number of aromatic amines is 1. The van der Waals surface area contributed by atoms with Crippen LogP contribution in [0, 0.1) is 5.92 Å². The molecular weight excluding hydrogens is 410 g/mol. The molecule has 166 valence electrons. The third-order valence-corrected chi connectivity index (χ3v) is 5.60. The number of hydrogen-bond donors (Lipinski definition) is 3. The van der Waals surface area contributed by atoms with Crippen LogP contribution in [0.25, 0.3) is 0 Å². The lowest BCUT2D eigenvalue weighted by Crippen LogP contribution is -2.44. The first-order valence-electron chi connectivity index (χ1n) is 10.6. The standard InChI is InChI=1S/C23H25N5O4/c1-12(2)7-16-9-17(29)27-22(26-16)23(32)25-10-13-3-4-14-5-6-28(11-15(14)8-13)19-18(24)20(30)21(19)31/h3-4,8-9,12H,5-7,10-11,24H2,1-2H3,(H,25,32)(H,26,27,29). The largest absolute Gasteiger partial charge is 0.394 e. The molecule has 0 unspecified atom stereocenters. The van der Waals surface area contributed by atoms with Crippen molar-refractivity contribution in [2.75, 3.05) is 17.2 Å². The molecule has 0 aliphatic carbocycles. The Labute approximate surface area is 184 Å². The number of amides is 1. The highest BCUT2D eigenvalue weighted by atomic mass is 16.2. The number of carbonyl (C=O) groups excluding carboxylic acids is 1. The molecule has 0 fully saturated rings. The molecule has 2 heterocycles. The Morgan fingerprint density at radius 3 is 2.69 bits per heavy atom. The zero-order chi connectivity index (χ0) is 23.0. The van der Waals surface area contributed by atoms with E-state index in [-0.39, 0.29) is 23.6 Å². The normalized spacial score (nSPS) is 13.4. The molecule has 0 atom stereocenters. The molecule has 0 spiro atoms. The van der Waals surface area contributed by atoms with Gasteiger partial charge in [0, 0.05) is 31.4 Å². The fraction of sp³-hybridized carbons (Fsp3) is 0.348. The summed E-state index contributed by atoms with van der Waals surface area (Å²) in [6, 6.07) is 7.32. The minimum atomic E-state index is -0.619. The molecule has 0 saturated heterocycles. The van der Waals surface area contributed by atoms with E-state index in [0.717, 1.165) is 23.1 Å². The monoisotopic (exact) mass is 435 g/mol. The number of anilines is 2. The van der Waals surface area contributed by atoms with Crippen molar-refractivity contribution in [2.24, 2.45) is 5.92 Å². The van der Waals surface area contributed by atoms with Gasteiger partial charge in [0.25, 0.3) is 22.3 Å². The lowest BCUT2D eigenvalue weighted by molar-refractivity contribution is 0.0939. The molecule has 3 aromatic rings. The van der Waals surface area contributed by atoms with Crippen molar-refractivity contribution in [3.05, 3.63) is 83.3 Å². The van der Waals surface area contributed by atoms with Crippen LogP contribution >= 0.6 is 0 Å². The number of benzene rings is 1. The summed E-state index contributed by atoms with van der Waals surface area (Å²) < 4.78 is 0. The summed E-state index contributed by atoms with van der Waals surface area (Å²) in [6.07, 6.45) is 1.34. The van der Waals surface area contributed by atoms with E-state index in [1.165, 1.54) is 6.07 Å². The molecule has 0 radical (unpaired) electrons. The molecule has 0 bridgehead atoms. The average molecular weight is 435 g/mol. The Balaban J connectivity index is 1.46. The van der Waals surface area contributed by atoms with Gasteiger partial charge < -0.3 is 20.9 Å². The van der Waals surface area contributed by atoms with E-state index in [0.29, 0.717) is 36.8 Å². The SMILES string of the molecule is CC(C)Cc1cc(=O)[nH]c(C(=O)NCc2ccc3c(c2)CN(c2c(N)c(=O)c2=O)CC3)n1. The van der Waals surface area contributed by atoms with E-state index in [1.807, 2.05) is 36.9 Å². The number of H-pyrrole nitrogens is 1. The fourth-order valence-electron chi connectivity index (χ4n) is 4.03. The molecule has 9 nitrogen and oxygen atoms in total. The predicted octanol–water partition coefficient (Wildman–Crippen LogP) is 0.639. The van der Waals surface area contributed by atoms with E-state index in [1.54, 1.807) is 0 Å². The molecule has 0 saturated carbocycles. The van der Waals surface area contributed by atoms with Gasteiger partial charge in [0.15, 0.2) is 5.82 Å². The van der Waals surface area contributed by atoms with E-state index >= 15 is 0 Å². The highest BCUT2D eigenvalue weighted by Crippen LogP contribution is 2.26. The molecule has 1 aromatic heterocycles. The van der Waals surface area contributed by atoms with Gasteiger partial charge >= 0.3 is 0 Å². The summed E-state index contributed by atoms with van der Waals surface area (Å²) in [5, 5.41) is 2.79. The third kappa shape index (κ3) is 4.18. The van der Waals surface area contributed by atoms with Crippen molar-refractivity contribution < 1.29 is 4.79 Å². The van der Waals surface area contributed by atoms with Crippen molar-refractivity contribution in [3.63, 3.8) is 0 Å². The van der Waals surface area contributed by atoms with Crippen LogP contribution in [0.4, 0.5) is 11.4 Å². The number of carbonyl (C=O) groups is 1. The topological polar surface area (TPSA) is 138 Å². The number of fused-ring (bicyclic) bond motifs is 1. The van der Waals surface area contributed by atoms with Gasteiger partial charge in [-0.15, -0.1) is 0 Å². The van der Waals surface area contributed by atoms with Crippen molar-refractivity contribution in [2.45, 2.75) is 39.8 Å². The molecule has 1 amide bonds. The third-order valence-electron chi connectivity index (χ3n) is 5.60. The van der Waals surface area contributed by atoms with Crippen LogP contribution < -0.4 is 32.4 Å². The number of rotatable bonds is 6. The number of aromatic nitrogens is 2. The first-order valence-corrected chi connectivity index (χ1v) is 10.6. The minimum absolute atomic E-state index is 0.00661. The summed E-state index contributed by atoms with van der Waals surface area (Å²) in [4.78, 5) is 56.3. The Bertz CT molecular complexity index is 1320. The van der Waals surface area contributed by atoms with E-state index in [9.17, 15) is 19.2 Å². The second kappa shape index (κ2) is 8.41. The van der Waals surface area contributed by atoms with Gasteiger partial charge in [0.2, 0.25) is 0 Å². The molecule has 4 N–H and O–H groups in total. The summed E-state index contributed by atoms with van der Waals surface area (Å²) in [5.74, 6) is -0.147. The van der Waals surface area contributed by atoms with Gasteiger partial charge in [0.1, 0.15) is 11.4 Å². The van der Waals surface area contributed by atoms with Gasteiger partial charge in [0.05, 0.1) is 0 Å². The van der Waals surface area contributed by atoms with E-state index < -0.39 is 16.8 Å². The predicted molar refractivity (Wildman–Crippen MR) is 122 cm³/mol. The summed E-state index contributed by atoms with van der Waals surface area (Å²) in [6.45, 7) is 5.38. The van der Waals surface area contributed by atoms with Gasteiger partial charge in [-0.1, -0.05) is 32.0 Å². The minimum Gasteiger partial charge on any atom is -0.394 e. The molecular formula is C23H25N5O4. The van der Waals surface area contributed by atoms with Crippen LogP contribution in [0.15, 0.2) is 38.6 Å². The average Bonchev–Trinajstić information content (AvgIpc) is 2.76. The van der Waals surface area contributed by atoms with Crippen molar-refractivity contribution in [3.8, 4) is 0 Å². The van der Waals surface area contributed by atoms with Crippen LogP contribution in [0.1, 0.15) is 46.9 Å². The Kier molecular flexibility index (Phi) is 5.65. The van der Waals surface area contributed by atoms with Crippen LogP contribution in [-0.2, 0) is 25.9 Å². The second-order valence-electron chi connectivity index (χ2n) is 8.56.